The van der Waals surface area contributed by atoms with Gasteiger partial charge in [-0.05, 0) is 0 Å². The minimum absolute atomic E-state index is 0.110. The van der Waals surface area contributed by atoms with Crippen LogP contribution in [0.4, 0.5) is 0 Å². The summed E-state index contributed by atoms with van der Waals surface area (Å²) in [4.78, 5) is 15.2. The van der Waals surface area contributed by atoms with Crippen molar-refractivity contribution in [1.29, 1.82) is 0 Å². The number of hydrogen-bond donors (Lipinski definition) is 3. The standard InChI is InChI=1S/C9H19N3O3/c13-7-10-9(15)1-2-11-3-5-12(8-14)6-4-11/h13-14H,1-8H2,(H,10,15). The maximum Gasteiger partial charge on any atom is 0.223 e. The molecule has 3 N–H and O–H groups in total. The molecule has 1 fully saturated rings. The van der Waals surface area contributed by atoms with Crippen LogP contribution in [0.1, 0.15) is 6.42 Å². The molecule has 0 saturated carbocycles. The average molecular weight is 217 g/mol. The fourth-order valence-corrected chi connectivity index (χ4v) is 1.59. The number of amides is 1. The van der Waals surface area contributed by atoms with Crippen molar-refractivity contribution < 1.29 is 15.0 Å². The molecular formula is C9H19N3O3. The van der Waals surface area contributed by atoms with Gasteiger partial charge < -0.3 is 20.4 Å². The summed E-state index contributed by atoms with van der Waals surface area (Å²) >= 11 is 0. The van der Waals surface area contributed by atoms with E-state index in [9.17, 15) is 4.79 Å². The largest absolute Gasteiger partial charge is 0.381 e. The average Bonchev–Trinajstić information content (AvgIpc) is 2.27. The molecule has 0 atom stereocenters. The zero-order valence-corrected chi connectivity index (χ0v) is 8.85. The van der Waals surface area contributed by atoms with E-state index in [1.807, 2.05) is 4.90 Å². The Morgan fingerprint density at radius 1 is 1.13 bits per heavy atom. The highest BCUT2D eigenvalue weighted by Crippen LogP contribution is 2.01. The lowest BCUT2D eigenvalue weighted by molar-refractivity contribution is -0.122. The van der Waals surface area contributed by atoms with Gasteiger partial charge in [0.1, 0.15) is 6.73 Å². The molecule has 0 aromatic rings. The first-order chi connectivity index (χ1) is 7.26. The number of hydrogen-bond acceptors (Lipinski definition) is 5. The van der Waals surface area contributed by atoms with E-state index in [1.54, 1.807) is 0 Å². The highest BCUT2D eigenvalue weighted by atomic mass is 16.3. The summed E-state index contributed by atoms with van der Waals surface area (Å²) in [5.41, 5.74) is 0. The summed E-state index contributed by atoms with van der Waals surface area (Å²) in [6, 6.07) is 0. The second-order valence-corrected chi connectivity index (χ2v) is 3.61. The normalized spacial score (nSPS) is 19.1. The van der Waals surface area contributed by atoms with Gasteiger partial charge in [-0.2, -0.15) is 0 Å². The molecule has 0 aromatic heterocycles. The Balaban J connectivity index is 2.10. The van der Waals surface area contributed by atoms with Gasteiger partial charge in [0.15, 0.2) is 0 Å². The molecule has 1 aliphatic rings. The molecule has 0 radical (unpaired) electrons. The topological polar surface area (TPSA) is 76.0 Å². The third-order valence-corrected chi connectivity index (χ3v) is 2.60. The van der Waals surface area contributed by atoms with Gasteiger partial charge in [0.25, 0.3) is 0 Å². The monoisotopic (exact) mass is 217 g/mol. The minimum Gasteiger partial charge on any atom is -0.381 e. The van der Waals surface area contributed by atoms with E-state index in [0.29, 0.717) is 13.0 Å². The molecule has 0 aromatic carbocycles. The van der Waals surface area contributed by atoms with Gasteiger partial charge in [-0.1, -0.05) is 0 Å². The van der Waals surface area contributed by atoms with Crippen molar-refractivity contribution in [2.75, 3.05) is 46.2 Å². The number of aliphatic hydroxyl groups excluding tert-OH is 2. The Kier molecular flexibility index (Phi) is 5.56. The molecule has 6 nitrogen and oxygen atoms in total. The van der Waals surface area contributed by atoms with Gasteiger partial charge in [0.05, 0.1) is 6.73 Å². The highest BCUT2D eigenvalue weighted by molar-refractivity contribution is 5.75. The van der Waals surface area contributed by atoms with Gasteiger partial charge in [-0.25, -0.2) is 0 Å². The Hall–Kier alpha value is -0.690. The van der Waals surface area contributed by atoms with Crippen molar-refractivity contribution in [3.05, 3.63) is 0 Å². The summed E-state index contributed by atoms with van der Waals surface area (Å²) in [7, 11) is 0. The van der Waals surface area contributed by atoms with Crippen molar-refractivity contribution in [3.8, 4) is 0 Å². The van der Waals surface area contributed by atoms with E-state index in [0.717, 1.165) is 26.2 Å². The zero-order valence-electron chi connectivity index (χ0n) is 8.85. The Bertz CT molecular complexity index is 193. The van der Waals surface area contributed by atoms with Crippen LogP contribution >= 0.6 is 0 Å². The van der Waals surface area contributed by atoms with Crippen LogP contribution in [-0.2, 0) is 4.79 Å². The lowest BCUT2D eigenvalue weighted by Crippen LogP contribution is -2.47. The quantitative estimate of drug-likeness (QED) is 0.465. The minimum atomic E-state index is -0.295. The predicted octanol–water partition coefficient (Wildman–Crippen LogP) is -1.99. The molecule has 1 heterocycles. The van der Waals surface area contributed by atoms with Gasteiger partial charge in [0.2, 0.25) is 5.91 Å². The van der Waals surface area contributed by atoms with Crippen LogP contribution in [-0.4, -0.2) is 72.1 Å². The first kappa shape index (κ1) is 12.4. The van der Waals surface area contributed by atoms with E-state index in [-0.39, 0.29) is 19.4 Å². The van der Waals surface area contributed by atoms with Gasteiger partial charge in [0, 0.05) is 39.1 Å². The Labute approximate surface area is 89.5 Å². The summed E-state index contributed by atoms with van der Waals surface area (Å²) in [5, 5.41) is 19.7. The van der Waals surface area contributed by atoms with Gasteiger partial charge in [-0.3, -0.25) is 9.69 Å². The van der Waals surface area contributed by atoms with Crippen LogP contribution in [0.5, 0.6) is 0 Å². The van der Waals surface area contributed by atoms with E-state index < -0.39 is 0 Å². The Morgan fingerprint density at radius 2 is 1.73 bits per heavy atom. The van der Waals surface area contributed by atoms with Crippen molar-refractivity contribution in [2.45, 2.75) is 6.42 Å². The first-order valence-corrected chi connectivity index (χ1v) is 5.19. The molecule has 1 saturated heterocycles. The van der Waals surface area contributed by atoms with E-state index in [1.165, 1.54) is 0 Å². The van der Waals surface area contributed by atoms with Crippen molar-refractivity contribution in [2.24, 2.45) is 0 Å². The molecule has 15 heavy (non-hydrogen) atoms. The van der Waals surface area contributed by atoms with Crippen LogP contribution in [0.15, 0.2) is 0 Å². The number of carbonyl (C=O) groups is 1. The van der Waals surface area contributed by atoms with E-state index >= 15 is 0 Å². The zero-order chi connectivity index (χ0) is 11.1. The summed E-state index contributed by atoms with van der Waals surface area (Å²) in [6.07, 6.45) is 0.416. The maximum absolute atomic E-state index is 11.1. The molecule has 0 bridgehead atoms. The molecule has 0 spiro atoms. The van der Waals surface area contributed by atoms with Crippen molar-refractivity contribution in [3.63, 3.8) is 0 Å². The molecule has 1 aliphatic heterocycles. The molecule has 1 amide bonds. The Morgan fingerprint density at radius 3 is 2.27 bits per heavy atom. The van der Waals surface area contributed by atoms with Crippen LogP contribution < -0.4 is 5.32 Å². The summed E-state index contributed by atoms with van der Waals surface area (Å²) in [5.74, 6) is -0.123. The molecule has 1 rings (SSSR count). The van der Waals surface area contributed by atoms with Crippen LogP contribution in [0.2, 0.25) is 0 Å². The van der Waals surface area contributed by atoms with Crippen LogP contribution in [0.25, 0.3) is 0 Å². The smallest absolute Gasteiger partial charge is 0.223 e. The van der Waals surface area contributed by atoms with E-state index in [4.69, 9.17) is 10.2 Å². The predicted molar refractivity (Wildman–Crippen MR) is 54.9 cm³/mol. The number of carbonyl (C=O) groups excluding carboxylic acids is 1. The van der Waals surface area contributed by atoms with Crippen molar-refractivity contribution in [1.82, 2.24) is 15.1 Å². The lowest BCUT2D eigenvalue weighted by Gasteiger charge is -2.33. The molecular weight excluding hydrogens is 198 g/mol. The third-order valence-electron chi connectivity index (χ3n) is 2.60. The highest BCUT2D eigenvalue weighted by Gasteiger charge is 2.16. The number of piperazine rings is 1. The third kappa shape index (κ3) is 4.57. The number of aliphatic hydroxyl groups is 2. The van der Waals surface area contributed by atoms with Gasteiger partial charge in [-0.15, -0.1) is 0 Å². The van der Waals surface area contributed by atoms with Crippen LogP contribution in [0.3, 0.4) is 0 Å². The summed E-state index contributed by atoms with van der Waals surface area (Å²) in [6.45, 7) is 3.98. The SMILES string of the molecule is O=C(CCN1CCN(CO)CC1)NCO. The number of nitrogens with one attached hydrogen (secondary N) is 1. The van der Waals surface area contributed by atoms with E-state index in [2.05, 4.69) is 10.2 Å². The lowest BCUT2D eigenvalue weighted by atomic mass is 10.3. The second-order valence-electron chi connectivity index (χ2n) is 3.61. The molecule has 0 unspecified atom stereocenters. The fourth-order valence-electron chi connectivity index (χ4n) is 1.59. The summed E-state index contributed by atoms with van der Waals surface area (Å²) < 4.78 is 0. The second kappa shape index (κ2) is 6.73. The fraction of sp³-hybridized carbons (Fsp3) is 0.889. The number of nitrogens with zero attached hydrogens (tertiary/aromatic N) is 2. The molecule has 88 valence electrons. The van der Waals surface area contributed by atoms with Crippen LogP contribution in [0, 0.1) is 0 Å². The maximum atomic E-state index is 11.1. The molecule has 0 aliphatic carbocycles. The molecule has 6 heteroatoms. The first-order valence-electron chi connectivity index (χ1n) is 5.19. The van der Waals surface area contributed by atoms with Gasteiger partial charge >= 0.3 is 0 Å². The number of rotatable bonds is 5. The van der Waals surface area contributed by atoms with Crippen molar-refractivity contribution >= 4 is 5.91 Å².